The predicted octanol–water partition coefficient (Wildman–Crippen LogP) is 5.81. The van der Waals surface area contributed by atoms with Gasteiger partial charge in [-0.3, -0.25) is 9.69 Å². The Bertz CT molecular complexity index is 1070. The average Bonchev–Trinajstić information content (AvgIpc) is 3.28. The molecular weight excluding hydrogens is 412 g/mol. The molecule has 4 nitrogen and oxygen atoms in total. The number of aromatic nitrogens is 1. The minimum Gasteiger partial charge on any atom is -0.467 e. The van der Waals surface area contributed by atoms with Gasteiger partial charge in [0.2, 0.25) is 0 Å². The van der Waals surface area contributed by atoms with Crippen LogP contribution >= 0.6 is 27.3 Å². The monoisotopic (exact) mass is 426 g/mol. The topological polar surface area (TPSA) is 46.3 Å². The lowest BCUT2D eigenvalue weighted by Crippen LogP contribution is -2.30. The summed E-state index contributed by atoms with van der Waals surface area (Å²) in [6.07, 6.45) is 1.61. The van der Waals surface area contributed by atoms with E-state index in [2.05, 4.69) is 27.0 Å². The molecule has 130 valence electrons. The summed E-state index contributed by atoms with van der Waals surface area (Å²) in [5.41, 5.74) is 2.66. The average molecular weight is 427 g/mol. The number of benzene rings is 2. The van der Waals surface area contributed by atoms with Gasteiger partial charge in [0.05, 0.1) is 23.0 Å². The van der Waals surface area contributed by atoms with Gasteiger partial charge < -0.3 is 4.42 Å². The first-order valence-corrected chi connectivity index (χ1v) is 9.68. The van der Waals surface area contributed by atoms with Crippen molar-refractivity contribution in [1.29, 1.82) is 0 Å². The summed E-state index contributed by atoms with van der Waals surface area (Å²) in [6.45, 7) is 2.38. The molecule has 2 aromatic heterocycles. The van der Waals surface area contributed by atoms with Crippen LogP contribution in [0.4, 0.5) is 5.13 Å². The third-order valence-electron chi connectivity index (χ3n) is 3.97. The molecule has 0 N–H and O–H groups in total. The van der Waals surface area contributed by atoms with Crippen molar-refractivity contribution in [3.63, 3.8) is 0 Å². The summed E-state index contributed by atoms with van der Waals surface area (Å²) in [7, 11) is 0. The number of carbonyl (C=O) groups excluding carboxylic acids is 1. The van der Waals surface area contributed by atoms with Gasteiger partial charge in [-0.2, -0.15) is 0 Å². The first-order chi connectivity index (χ1) is 12.6. The van der Waals surface area contributed by atoms with Gasteiger partial charge in [0.25, 0.3) is 5.91 Å². The third-order valence-corrected chi connectivity index (χ3v) is 5.51. The highest BCUT2D eigenvalue weighted by Crippen LogP contribution is 2.31. The quantitative estimate of drug-likeness (QED) is 0.413. The van der Waals surface area contributed by atoms with Gasteiger partial charge in [0, 0.05) is 10.0 Å². The minimum absolute atomic E-state index is 0.113. The van der Waals surface area contributed by atoms with E-state index in [4.69, 9.17) is 4.42 Å². The Morgan fingerprint density at radius 2 is 2.08 bits per heavy atom. The highest BCUT2D eigenvalue weighted by Gasteiger charge is 2.23. The van der Waals surface area contributed by atoms with E-state index < -0.39 is 0 Å². The molecule has 4 rings (SSSR count). The molecule has 0 fully saturated rings. The summed E-state index contributed by atoms with van der Waals surface area (Å²) < 4.78 is 7.39. The minimum atomic E-state index is -0.113. The fraction of sp³-hybridized carbons (Fsp3) is 0.100. The molecule has 0 aliphatic heterocycles. The second-order valence-corrected chi connectivity index (χ2v) is 7.87. The highest BCUT2D eigenvalue weighted by molar-refractivity contribution is 9.10. The first-order valence-electron chi connectivity index (χ1n) is 8.07. The molecule has 4 aromatic rings. The SMILES string of the molecule is Cc1ccc2nc(N(Cc3ccco3)C(=O)c3cccc(Br)c3)sc2c1. The largest absolute Gasteiger partial charge is 0.467 e. The molecule has 1 amide bonds. The fourth-order valence-electron chi connectivity index (χ4n) is 2.70. The Kier molecular flexibility index (Phi) is 4.61. The van der Waals surface area contributed by atoms with Gasteiger partial charge in [0.15, 0.2) is 5.13 Å². The summed E-state index contributed by atoms with van der Waals surface area (Å²) in [5, 5.41) is 0.659. The van der Waals surface area contributed by atoms with Crippen molar-refractivity contribution in [2.75, 3.05) is 4.90 Å². The third kappa shape index (κ3) is 3.43. The summed E-state index contributed by atoms with van der Waals surface area (Å²) >= 11 is 4.94. The van der Waals surface area contributed by atoms with Gasteiger partial charge in [0.1, 0.15) is 5.76 Å². The van der Waals surface area contributed by atoms with Gasteiger partial charge in [-0.15, -0.1) is 0 Å². The smallest absolute Gasteiger partial charge is 0.260 e. The Morgan fingerprint density at radius 1 is 1.19 bits per heavy atom. The standard InChI is InChI=1S/C20H15BrN2O2S/c1-13-7-8-17-18(10-13)26-20(22-17)23(12-16-6-3-9-25-16)19(24)14-4-2-5-15(21)11-14/h2-11H,12H2,1H3. The Hall–Kier alpha value is -2.44. The maximum Gasteiger partial charge on any atom is 0.260 e. The van der Waals surface area contributed by atoms with Crippen molar-refractivity contribution in [2.45, 2.75) is 13.5 Å². The molecule has 2 heterocycles. The van der Waals surface area contributed by atoms with Gasteiger partial charge in [-0.1, -0.05) is 39.4 Å². The first kappa shape index (κ1) is 17.0. The van der Waals surface area contributed by atoms with Crippen LogP contribution in [0.2, 0.25) is 0 Å². The van der Waals surface area contributed by atoms with Crippen molar-refractivity contribution in [1.82, 2.24) is 4.98 Å². The molecule has 0 unspecified atom stereocenters. The van der Waals surface area contributed by atoms with Crippen LogP contribution in [0.1, 0.15) is 21.7 Å². The van der Waals surface area contributed by atoms with Crippen molar-refractivity contribution in [3.05, 3.63) is 82.2 Å². The summed E-state index contributed by atoms with van der Waals surface area (Å²) in [6, 6.07) is 17.1. The zero-order valence-electron chi connectivity index (χ0n) is 14.0. The number of amides is 1. The number of hydrogen-bond donors (Lipinski definition) is 0. The zero-order valence-corrected chi connectivity index (χ0v) is 16.4. The molecule has 26 heavy (non-hydrogen) atoms. The zero-order chi connectivity index (χ0) is 18.1. The van der Waals surface area contributed by atoms with Crippen LogP contribution in [-0.2, 0) is 6.54 Å². The molecule has 0 radical (unpaired) electrons. The number of rotatable bonds is 4. The number of nitrogens with zero attached hydrogens (tertiary/aromatic N) is 2. The summed E-state index contributed by atoms with van der Waals surface area (Å²) in [5.74, 6) is 0.599. The molecule has 0 saturated carbocycles. The van der Waals surface area contributed by atoms with Crippen LogP contribution in [0.5, 0.6) is 0 Å². The number of aryl methyl sites for hydroxylation is 1. The number of thiazole rings is 1. The van der Waals surface area contributed by atoms with E-state index in [1.807, 2.05) is 49.4 Å². The molecule has 0 atom stereocenters. The van der Waals surface area contributed by atoms with E-state index in [9.17, 15) is 4.79 Å². The molecule has 0 aliphatic rings. The number of anilines is 1. The van der Waals surface area contributed by atoms with Gasteiger partial charge in [-0.05, 0) is 55.0 Å². The number of furan rings is 1. The second kappa shape index (κ2) is 7.05. The van der Waals surface area contributed by atoms with Crippen LogP contribution in [0, 0.1) is 6.92 Å². The van der Waals surface area contributed by atoms with Crippen molar-refractivity contribution in [3.8, 4) is 0 Å². The van der Waals surface area contributed by atoms with E-state index in [1.165, 1.54) is 16.9 Å². The molecule has 2 aromatic carbocycles. The van der Waals surface area contributed by atoms with E-state index in [1.54, 1.807) is 17.2 Å². The number of halogens is 1. The molecule has 0 aliphatic carbocycles. The van der Waals surface area contributed by atoms with Crippen LogP contribution in [0.3, 0.4) is 0 Å². The Labute approximate surface area is 163 Å². The Balaban J connectivity index is 1.77. The second-order valence-electron chi connectivity index (χ2n) is 5.95. The maximum atomic E-state index is 13.2. The normalized spacial score (nSPS) is 11.0. The van der Waals surface area contributed by atoms with E-state index in [-0.39, 0.29) is 5.91 Å². The van der Waals surface area contributed by atoms with E-state index in [0.29, 0.717) is 23.0 Å². The number of fused-ring (bicyclic) bond motifs is 1. The number of carbonyl (C=O) groups is 1. The van der Waals surface area contributed by atoms with E-state index in [0.717, 1.165) is 14.7 Å². The molecule has 0 bridgehead atoms. The lowest BCUT2D eigenvalue weighted by molar-refractivity contribution is 0.0983. The number of hydrogen-bond acceptors (Lipinski definition) is 4. The Morgan fingerprint density at radius 3 is 2.85 bits per heavy atom. The van der Waals surface area contributed by atoms with Crippen LogP contribution in [0.25, 0.3) is 10.2 Å². The van der Waals surface area contributed by atoms with Crippen LogP contribution < -0.4 is 4.90 Å². The van der Waals surface area contributed by atoms with Crippen molar-refractivity contribution >= 4 is 48.5 Å². The molecule has 0 spiro atoms. The van der Waals surface area contributed by atoms with Crippen LogP contribution in [-0.4, -0.2) is 10.9 Å². The van der Waals surface area contributed by atoms with E-state index >= 15 is 0 Å². The maximum absolute atomic E-state index is 13.2. The summed E-state index contributed by atoms with van der Waals surface area (Å²) in [4.78, 5) is 19.5. The van der Waals surface area contributed by atoms with Crippen molar-refractivity contribution < 1.29 is 9.21 Å². The van der Waals surface area contributed by atoms with Crippen LogP contribution in [0.15, 0.2) is 69.8 Å². The van der Waals surface area contributed by atoms with Gasteiger partial charge >= 0.3 is 0 Å². The highest BCUT2D eigenvalue weighted by atomic mass is 79.9. The van der Waals surface area contributed by atoms with Gasteiger partial charge in [-0.25, -0.2) is 4.98 Å². The van der Waals surface area contributed by atoms with Crippen molar-refractivity contribution in [2.24, 2.45) is 0 Å². The molecule has 0 saturated heterocycles. The fourth-order valence-corrected chi connectivity index (χ4v) is 4.16. The lowest BCUT2D eigenvalue weighted by atomic mass is 10.2. The molecule has 6 heteroatoms. The lowest BCUT2D eigenvalue weighted by Gasteiger charge is -2.19. The predicted molar refractivity (Wildman–Crippen MR) is 108 cm³/mol. The molecular formula is C20H15BrN2O2S.